The molecule has 29 heavy (non-hydrogen) atoms. The summed E-state index contributed by atoms with van der Waals surface area (Å²) < 4.78 is 0. The summed E-state index contributed by atoms with van der Waals surface area (Å²) in [5.41, 5.74) is 8.21. The first-order valence-corrected chi connectivity index (χ1v) is 10.3. The normalized spacial score (nSPS) is 14.1. The molecule has 0 bridgehead atoms. The zero-order chi connectivity index (χ0) is 19.6. The van der Waals surface area contributed by atoms with E-state index in [1.54, 1.807) is 0 Å². The Morgan fingerprint density at radius 2 is 1.10 bits per heavy atom. The molecule has 0 unspecified atom stereocenters. The Morgan fingerprint density at radius 3 is 1.83 bits per heavy atom. The van der Waals surface area contributed by atoms with Crippen LogP contribution in [0.15, 0.2) is 97.1 Å². The van der Waals surface area contributed by atoms with Crippen LogP contribution in [-0.4, -0.2) is 0 Å². The Hall–Kier alpha value is -3.38. The number of hydrogen-bond donors (Lipinski definition) is 0. The van der Waals surface area contributed by atoms with Gasteiger partial charge in [-0.05, 0) is 61.0 Å². The summed E-state index contributed by atoms with van der Waals surface area (Å²) in [6.07, 6.45) is 0. The van der Waals surface area contributed by atoms with Gasteiger partial charge in [-0.15, -0.1) is 0 Å². The Morgan fingerprint density at radius 1 is 0.517 bits per heavy atom. The van der Waals surface area contributed by atoms with Crippen LogP contribution >= 0.6 is 0 Å². The highest BCUT2D eigenvalue weighted by Crippen LogP contribution is 2.55. The molecule has 0 atom stereocenters. The minimum absolute atomic E-state index is 0.0426. The van der Waals surface area contributed by atoms with Crippen molar-refractivity contribution in [1.82, 2.24) is 0 Å². The highest BCUT2D eigenvalue weighted by atomic mass is 14.4. The monoisotopic (exact) mass is 370 g/mol. The maximum atomic E-state index is 2.41. The smallest absolute Gasteiger partial charge is 0.0165 e. The molecule has 0 N–H and O–H groups in total. The van der Waals surface area contributed by atoms with Crippen LogP contribution in [0.2, 0.25) is 0 Å². The maximum absolute atomic E-state index is 2.41. The second-order valence-corrected chi connectivity index (χ2v) is 8.59. The molecule has 0 heterocycles. The van der Waals surface area contributed by atoms with Crippen LogP contribution in [-0.2, 0) is 5.41 Å². The third-order valence-electron chi connectivity index (χ3n) is 6.63. The van der Waals surface area contributed by atoms with Gasteiger partial charge in [-0.2, -0.15) is 0 Å². The van der Waals surface area contributed by atoms with Crippen LogP contribution < -0.4 is 0 Å². The lowest BCUT2D eigenvalue weighted by molar-refractivity contribution is 0.667. The first-order chi connectivity index (χ1) is 14.2. The molecule has 0 aliphatic heterocycles. The summed E-state index contributed by atoms with van der Waals surface area (Å²) in [5.74, 6) is 0. The molecule has 5 aromatic rings. The largest absolute Gasteiger partial charge is 0.0622 e. The quantitative estimate of drug-likeness (QED) is 0.262. The van der Waals surface area contributed by atoms with E-state index in [4.69, 9.17) is 0 Å². The summed E-state index contributed by atoms with van der Waals surface area (Å²) in [5, 5.41) is 5.44. The fraction of sp³-hybridized carbons (Fsp3) is 0.103. The second-order valence-electron chi connectivity index (χ2n) is 8.59. The van der Waals surface area contributed by atoms with Gasteiger partial charge in [0.15, 0.2) is 0 Å². The van der Waals surface area contributed by atoms with Crippen molar-refractivity contribution in [2.24, 2.45) is 0 Å². The van der Waals surface area contributed by atoms with E-state index in [1.165, 1.54) is 54.9 Å². The van der Waals surface area contributed by atoms with Gasteiger partial charge in [-0.1, -0.05) is 105 Å². The molecule has 0 fully saturated rings. The summed E-state index contributed by atoms with van der Waals surface area (Å²) in [6.45, 7) is 4.77. The van der Waals surface area contributed by atoms with Gasteiger partial charge >= 0.3 is 0 Å². The molecule has 0 aromatic heterocycles. The Balaban J connectivity index is 1.75. The molecule has 0 amide bonds. The molecule has 1 aliphatic rings. The SMILES string of the molecule is CC1(C)c2cc(-c3ccccc3)ccc2-c2c1c1ccccc1c1ccccc21. The molecule has 1 aliphatic carbocycles. The standard InChI is InChI=1S/C29H22/c1-29(2)26-18-20(19-10-4-3-5-11-19)16-17-25(26)27-23-14-8-6-12-21(23)22-13-7-9-15-24(22)28(27)29/h3-18H,1-2H3. The van der Waals surface area contributed by atoms with Gasteiger partial charge in [0.1, 0.15) is 0 Å². The number of rotatable bonds is 1. The number of hydrogen-bond acceptors (Lipinski definition) is 0. The van der Waals surface area contributed by atoms with Crippen molar-refractivity contribution < 1.29 is 0 Å². The number of fused-ring (bicyclic) bond motifs is 8. The van der Waals surface area contributed by atoms with Crippen LogP contribution in [0, 0.1) is 0 Å². The van der Waals surface area contributed by atoms with Gasteiger partial charge in [0.05, 0.1) is 0 Å². The van der Waals surface area contributed by atoms with Gasteiger partial charge in [-0.3, -0.25) is 0 Å². The minimum atomic E-state index is -0.0426. The van der Waals surface area contributed by atoms with Crippen molar-refractivity contribution in [2.75, 3.05) is 0 Å². The third kappa shape index (κ3) is 2.20. The van der Waals surface area contributed by atoms with E-state index in [2.05, 4.69) is 111 Å². The van der Waals surface area contributed by atoms with Crippen molar-refractivity contribution in [3.63, 3.8) is 0 Å². The summed E-state index contributed by atoms with van der Waals surface area (Å²) in [6, 6.07) is 35.5. The molecule has 6 rings (SSSR count). The lowest BCUT2D eigenvalue weighted by Crippen LogP contribution is -2.15. The van der Waals surface area contributed by atoms with Gasteiger partial charge in [0.2, 0.25) is 0 Å². The van der Waals surface area contributed by atoms with Crippen LogP contribution in [0.1, 0.15) is 25.0 Å². The lowest BCUT2D eigenvalue weighted by Gasteiger charge is -2.24. The topological polar surface area (TPSA) is 0 Å². The summed E-state index contributed by atoms with van der Waals surface area (Å²) in [4.78, 5) is 0. The van der Waals surface area contributed by atoms with Crippen molar-refractivity contribution in [3.05, 3.63) is 108 Å². The highest BCUT2D eigenvalue weighted by Gasteiger charge is 2.38. The van der Waals surface area contributed by atoms with Crippen LogP contribution in [0.4, 0.5) is 0 Å². The van der Waals surface area contributed by atoms with E-state index < -0.39 is 0 Å². The van der Waals surface area contributed by atoms with Crippen molar-refractivity contribution in [1.29, 1.82) is 0 Å². The van der Waals surface area contributed by atoms with Crippen LogP contribution in [0.5, 0.6) is 0 Å². The molecule has 0 heteroatoms. The van der Waals surface area contributed by atoms with E-state index in [-0.39, 0.29) is 5.41 Å². The van der Waals surface area contributed by atoms with Gasteiger partial charge in [-0.25, -0.2) is 0 Å². The molecule has 0 saturated heterocycles. The fourth-order valence-electron chi connectivity index (χ4n) is 5.29. The minimum Gasteiger partial charge on any atom is -0.0622 e. The first-order valence-electron chi connectivity index (χ1n) is 10.3. The zero-order valence-electron chi connectivity index (χ0n) is 16.7. The Bertz CT molecular complexity index is 1400. The van der Waals surface area contributed by atoms with Crippen molar-refractivity contribution in [2.45, 2.75) is 19.3 Å². The van der Waals surface area contributed by atoms with E-state index >= 15 is 0 Å². The first kappa shape index (κ1) is 16.6. The van der Waals surface area contributed by atoms with Crippen LogP contribution in [0.3, 0.4) is 0 Å². The molecule has 0 spiro atoms. The second kappa shape index (κ2) is 5.81. The molecular formula is C29H22. The van der Waals surface area contributed by atoms with Crippen molar-refractivity contribution in [3.8, 4) is 22.3 Å². The molecular weight excluding hydrogens is 348 g/mol. The Labute approximate surface area is 171 Å². The number of benzene rings is 5. The molecule has 0 saturated carbocycles. The lowest BCUT2D eigenvalue weighted by atomic mass is 9.79. The Kier molecular flexibility index (Phi) is 3.32. The average Bonchev–Trinajstić information content (AvgIpc) is 3.02. The predicted molar refractivity (Wildman–Crippen MR) is 124 cm³/mol. The average molecular weight is 370 g/mol. The summed E-state index contributed by atoms with van der Waals surface area (Å²) >= 11 is 0. The molecule has 5 aromatic carbocycles. The summed E-state index contributed by atoms with van der Waals surface area (Å²) in [7, 11) is 0. The predicted octanol–water partition coefficient (Wildman–Crippen LogP) is 7.97. The van der Waals surface area contributed by atoms with Gasteiger partial charge in [0, 0.05) is 5.41 Å². The maximum Gasteiger partial charge on any atom is 0.0165 e. The van der Waals surface area contributed by atoms with E-state index in [0.29, 0.717) is 0 Å². The van der Waals surface area contributed by atoms with Gasteiger partial charge < -0.3 is 0 Å². The van der Waals surface area contributed by atoms with E-state index in [9.17, 15) is 0 Å². The van der Waals surface area contributed by atoms with Gasteiger partial charge in [0.25, 0.3) is 0 Å². The zero-order valence-corrected chi connectivity index (χ0v) is 16.7. The third-order valence-corrected chi connectivity index (χ3v) is 6.63. The van der Waals surface area contributed by atoms with Crippen molar-refractivity contribution >= 4 is 21.5 Å². The molecule has 138 valence electrons. The highest BCUT2D eigenvalue weighted by molar-refractivity contribution is 6.18. The fourth-order valence-corrected chi connectivity index (χ4v) is 5.29. The molecule has 0 radical (unpaired) electrons. The molecule has 0 nitrogen and oxygen atoms in total. The van der Waals surface area contributed by atoms with Crippen LogP contribution in [0.25, 0.3) is 43.8 Å². The van der Waals surface area contributed by atoms with E-state index in [0.717, 1.165) is 0 Å². The van der Waals surface area contributed by atoms with E-state index in [1.807, 2.05) is 0 Å².